The molecule has 0 heterocycles. The van der Waals surface area contributed by atoms with Gasteiger partial charge < -0.3 is 5.11 Å². The molecule has 1 aromatic carbocycles. The fraction of sp³-hybridized carbons (Fsp3) is 0.167. The lowest BCUT2D eigenvalue weighted by Gasteiger charge is -1.95. The second-order valence-corrected chi connectivity index (χ2v) is 3.46. The molecule has 0 saturated carbocycles. The van der Waals surface area contributed by atoms with Crippen LogP contribution in [0.5, 0.6) is 0 Å². The molecule has 0 aromatic heterocycles. The summed E-state index contributed by atoms with van der Waals surface area (Å²) in [5, 5.41) is 9.47. The summed E-state index contributed by atoms with van der Waals surface area (Å²) in [7, 11) is 0. The molecule has 74 valence electrons. The van der Waals surface area contributed by atoms with Crippen LogP contribution in [0.3, 0.4) is 0 Å². The summed E-state index contributed by atoms with van der Waals surface area (Å²) >= 11 is 3.33. The minimum atomic E-state index is 0.0885. The lowest BCUT2D eigenvalue weighted by Crippen LogP contribution is -1.76. The van der Waals surface area contributed by atoms with E-state index < -0.39 is 0 Å². The van der Waals surface area contributed by atoms with Crippen LogP contribution in [0.25, 0.3) is 12.2 Å². The van der Waals surface area contributed by atoms with Gasteiger partial charge >= 0.3 is 0 Å². The van der Waals surface area contributed by atoms with Crippen LogP contribution < -0.4 is 0 Å². The van der Waals surface area contributed by atoms with Crippen molar-refractivity contribution in [3.8, 4) is 0 Å². The van der Waals surface area contributed by atoms with E-state index >= 15 is 0 Å². The van der Waals surface area contributed by atoms with Gasteiger partial charge in [-0.3, -0.25) is 0 Å². The van der Waals surface area contributed by atoms with Gasteiger partial charge in [-0.25, -0.2) is 0 Å². The number of halogens is 1. The topological polar surface area (TPSA) is 20.2 Å². The van der Waals surface area contributed by atoms with E-state index in [1.54, 1.807) is 6.08 Å². The molecule has 0 atom stereocenters. The Bertz CT molecular complexity index is 279. The number of rotatable bonds is 4. The molecule has 1 N–H and O–H groups in total. The van der Waals surface area contributed by atoms with E-state index in [9.17, 15) is 0 Å². The zero-order valence-corrected chi connectivity index (χ0v) is 9.44. The van der Waals surface area contributed by atoms with Gasteiger partial charge in [-0.15, -0.1) is 0 Å². The average Bonchev–Trinajstić information content (AvgIpc) is 2.25. The number of hydrogen-bond donors (Lipinski definition) is 1. The first-order valence-corrected chi connectivity index (χ1v) is 5.59. The Balaban J connectivity index is 2.68. The summed E-state index contributed by atoms with van der Waals surface area (Å²) in [5.41, 5.74) is 2.29. The van der Waals surface area contributed by atoms with Gasteiger partial charge in [0.1, 0.15) is 0 Å². The fourth-order valence-electron chi connectivity index (χ4n) is 1.09. The van der Waals surface area contributed by atoms with Crippen molar-refractivity contribution in [3.63, 3.8) is 0 Å². The number of allylic oxidation sites excluding steroid dienone is 1. The number of aliphatic hydroxyl groups excluding tert-OH is 1. The molecular weight excluding hydrogens is 240 g/mol. The third-order valence-corrected chi connectivity index (χ3v) is 2.13. The minimum absolute atomic E-state index is 0.0885. The number of benzene rings is 1. The SMILES string of the molecule is OCC=Cc1ccc(C=CCBr)cc1. The average molecular weight is 253 g/mol. The van der Waals surface area contributed by atoms with Gasteiger partial charge in [-0.2, -0.15) is 0 Å². The van der Waals surface area contributed by atoms with E-state index in [0.717, 1.165) is 10.9 Å². The second-order valence-electron chi connectivity index (χ2n) is 2.81. The van der Waals surface area contributed by atoms with Gasteiger partial charge in [-0.05, 0) is 11.1 Å². The van der Waals surface area contributed by atoms with Gasteiger partial charge in [0.05, 0.1) is 6.61 Å². The molecule has 1 nitrogen and oxygen atoms in total. The summed E-state index contributed by atoms with van der Waals surface area (Å²) < 4.78 is 0. The van der Waals surface area contributed by atoms with E-state index in [0.29, 0.717) is 0 Å². The van der Waals surface area contributed by atoms with Crippen LogP contribution in [-0.4, -0.2) is 17.0 Å². The molecular formula is C12H13BrO. The molecule has 14 heavy (non-hydrogen) atoms. The highest BCUT2D eigenvalue weighted by atomic mass is 79.9. The Hall–Kier alpha value is -0.860. The number of aliphatic hydroxyl groups is 1. The van der Waals surface area contributed by atoms with Crippen LogP contribution in [0.4, 0.5) is 0 Å². The smallest absolute Gasteiger partial charge is 0.0615 e. The first kappa shape index (κ1) is 11.2. The van der Waals surface area contributed by atoms with Crippen molar-refractivity contribution >= 4 is 28.1 Å². The number of hydrogen-bond acceptors (Lipinski definition) is 1. The van der Waals surface area contributed by atoms with Crippen molar-refractivity contribution in [1.82, 2.24) is 0 Å². The number of alkyl halides is 1. The Labute approximate surface area is 92.9 Å². The molecule has 0 radical (unpaired) electrons. The van der Waals surface area contributed by atoms with Crippen molar-refractivity contribution in [2.24, 2.45) is 0 Å². The molecule has 0 unspecified atom stereocenters. The third kappa shape index (κ3) is 3.90. The lowest BCUT2D eigenvalue weighted by molar-refractivity contribution is 0.343. The van der Waals surface area contributed by atoms with Crippen molar-refractivity contribution < 1.29 is 5.11 Å². The third-order valence-electron chi connectivity index (χ3n) is 1.75. The normalized spacial score (nSPS) is 11.6. The maximum atomic E-state index is 8.60. The van der Waals surface area contributed by atoms with E-state index in [-0.39, 0.29) is 6.61 Å². The van der Waals surface area contributed by atoms with Gasteiger partial charge in [0.2, 0.25) is 0 Å². The maximum absolute atomic E-state index is 8.60. The molecule has 0 aliphatic heterocycles. The first-order chi connectivity index (χ1) is 6.86. The second kappa shape index (κ2) is 6.57. The predicted octanol–water partition coefficient (Wildman–Crippen LogP) is 3.10. The zero-order chi connectivity index (χ0) is 10.2. The van der Waals surface area contributed by atoms with E-state index in [1.165, 1.54) is 5.56 Å². The van der Waals surface area contributed by atoms with Crippen LogP contribution in [0.15, 0.2) is 36.4 Å². The molecule has 0 fully saturated rings. The summed E-state index contributed by atoms with van der Waals surface area (Å²) in [4.78, 5) is 0. The highest BCUT2D eigenvalue weighted by Gasteiger charge is 1.87. The molecule has 2 heteroatoms. The largest absolute Gasteiger partial charge is 0.392 e. The summed E-state index contributed by atoms with van der Waals surface area (Å²) in [6.07, 6.45) is 7.74. The Morgan fingerprint density at radius 3 is 1.93 bits per heavy atom. The maximum Gasteiger partial charge on any atom is 0.0615 e. The first-order valence-electron chi connectivity index (χ1n) is 4.47. The van der Waals surface area contributed by atoms with Crippen LogP contribution >= 0.6 is 15.9 Å². The summed E-state index contributed by atoms with van der Waals surface area (Å²) in [5.74, 6) is 0. The zero-order valence-electron chi connectivity index (χ0n) is 7.86. The molecule has 0 amide bonds. The molecule has 0 bridgehead atoms. The molecule has 1 aromatic rings. The van der Waals surface area contributed by atoms with Crippen molar-refractivity contribution in [1.29, 1.82) is 0 Å². The lowest BCUT2D eigenvalue weighted by atomic mass is 10.1. The summed E-state index contributed by atoms with van der Waals surface area (Å²) in [6.45, 7) is 0.0885. The molecule has 0 saturated heterocycles. The van der Waals surface area contributed by atoms with Crippen molar-refractivity contribution in [2.75, 3.05) is 11.9 Å². The van der Waals surface area contributed by atoms with Crippen LogP contribution in [0.1, 0.15) is 11.1 Å². The van der Waals surface area contributed by atoms with Crippen molar-refractivity contribution in [2.45, 2.75) is 0 Å². The summed E-state index contributed by atoms with van der Waals surface area (Å²) in [6, 6.07) is 8.16. The molecule has 0 aliphatic carbocycles. The van der Waals surface area contributed by atoms with E-state index in [2.05, 4.69) is 40.2 Å². The van der Waals surface area contributed by atoms with Gasteiger partial charge in [0, 0.05) is 5.33 Å². The van der Waals surface area contributed by atoms with Crippen LogP contribution in [0, 0.1) is 0 Å². The highest BCUT2D eigenvalue weighted by molar-refractivity contribution is 9.09. The Kier molecular flexibility index (Phi) is 5.27. The Morgan fingerprint density at radius 2 is 1.50 bits per heavy atom. The van der Waals surface area contributed by atoms with E-state index in [1.807, 2.05) is 18.2 Å². The predicted molar refractivity (Wildman–Crippen MR) is 65.4 cm³/mol. The molecule has 0 spiro atoms. The minimum Gasteiger partial charge on any atom is -0.392 e. The Morgan fingerprint density at radius 1 is 1.00 bits per heavy atom. The quantitative estimate of drug-likeness (QED) is 0.817. The molecule has 0 aliphatic rings. The monoisotopic (exact) mass is 252 g/mol. The van der Waals surface area contributed by atoms with Gasteiger partial charge in [0.25, 0.3) is 0 Å². The van der Waals surface area contributed by atoms with Crippen LogP contribution in [0.2, 0.25) is 0 Å². The van der Waals surface area contributed by atoms with Gasteiger partial charge in [-0.1, -0.05) is 64.5 Å². The highest BCUT2D eigenvalue weighted by Crippen LogP contribution is 2.07. The van der Waals surface area contributed by atoms with Gasteiger partial charge in [0.15, 0.2) is 0 Å². The van der Waals surface area contributed by atoms with Crippen LogP contribution in [-0.2, 0) is 0 Å². The van der Waals surface area contributed by atoms with E-state index in [4.69, 9.17) is 5.11 Å². The fourth-order valence-corrected chi connectivity index (χ4v) is 1.27. The molecule has 1 rings (SSSR count). The van der Waals surface area contributed by atoms with Crippen molar-refractivity contribution in [3.05, 3.63) is 47.5 Å². The standard InChI is InChI=1S/C12H13BrO/c13-9-1-3-11-5-7-12(8-6-11)4-2-10-14/h1-8,14H,9-10H2.